The molecule has 5 heteroatoms. The van der Waals surface area contributed by atoms with Crippen molar-refractivity contribution in [2.75, 3.05) is 6.54 Å². The van der Waals surface area contributed by atoms with E-state index in [-0.39, 0.29) is 11.0 Å². The molecule has 2 heterocycles. The monoisotopic (exact) mass is 373 g/mol. The zero-order valence-corrected chi connectivity index (χ0v) is 15.7. The quantitative estimate of drug-likeness (QED) is 0.732. The summed E-state index contributed by atoms with van der Waals surface area (Å²) < 4.78 is 6.01. The fraction of sp³-hybridized carbons (Fsp3) is 0.304. The molecule has 0 spiro atoms. The van der Waals surface area contributed by atoms with E-state index in [9.17, 15) is 4.79 Å². The van der Waals surface area contributed by atoms with Crippen LogP contribution in [0.25, 0.3) is 0 Å². The van der Waals surface area contributed by atoms with Crippen LogP contribution in [-0.2, 0) is 18.4 Å². The molecule has 0 radical (unpaired) electrons. The second kappa shape index (κ2) is 6.91. The minimum atomic E-state index is -0.204. The molecular formula is C23H23N3O2. The molecule has 28 heavy (non-hydrogen) atoms. The zero-order chi connectivity index (χ0) is 19.0. The Morgan fingerprint density at radius 3 is 2.64 bits per heavy atom. The molecule has 1 fully saturated rings. The van der Waals surface area contributed by atoms with Gasteiger partial charge in [-0.3, -0.25) is 4.79 Å². The summed E-state index contributed by atoms with van der Waals surface area (Å²) in [4.78, 5) is 20.7. The predicted octanol–water partition coefficient (Wildman–Crippen LogP) is 3.68. The van der Waals surface area contributed by atoms with Crippen molar-refractivity contribution in [3.8, 4) is 11.5 Å². The maximum Gasteiger partial charge on any atom is 0.255 e. The number of aryl methyl sites for hydroxylation is 1. The lowest BCUT2D eigenvalue weighted by molar-refractivity contribution is 0.481. The average molecular weight is 373 g/mol. The van der Waals surface area contributed by atoms with Gasteiger partial charge in [-0.2, -0.15) is 0 Å². The van der Waals surface area contributed by atoms with Crippen LogP contribution in [0, 0.1) is 0 Å². The second-order valence-electron chi connectivity index (χ2n) is 7.65. The highest BCUT2D eigenvalue weighted by Crippen LogP contribution is 2.52. The summed E-state index contributed by atoms with van der Waals surface area (Å²) in [6, 6.07) is 17.9. The van der Waals surface area contributed by atoms with Crippen LogP contribution >= 0.6 is 0 Å². The van der Waals surface area contributed by atoms with Crippen molar-refractivity contribution in [1.29, 1.82) is 0 Å². The molecule has 0 amide bonds. The summed E-state index contributed by atoms with van der Waals surface area (Å²) in [6.07, 6.45) is 3.84. The van der Waals surface area contributed by atoms with E-state index in [1.807, 2.05) is 42.5 Å². The zero-order valence-electron chi connectivity index (χ0n) is 15.7. The number of rotatable bonds is 4. The van der Waals surface area contributed by atoms with E-state index in [4.69, 9.17) is 9.72 Å². The molecule has 3 aromatic rings. The van der Waals surface area contributed by atoms with Crippen LogP contribution in [-0.4, -0.2) is 16.5 Å². The van der Waals surface area contributed by atoms with Gasteiger partial charge in [-0.1, -0.05) is 30.3 Å². The van der Waals surface area contributed by atoms with E-state index in [2.05, 4.69) is 22.4 Å². The highest BCUT2D eigenvalue weighted by Gasteiger charge is 2.48. The summed E-state index contributed by atoms with van der Waals surface area (Å²) in [5.74, 6) is 2.42. The predicted molar refractivity (Wildman–Crippen MR) is 108 cm³/mol. The molecule has 5 nitrogen and oxygen atoms in total. The highest BCUT2D eigenvalue weighted by atomic mass is 16.5. The van der Waals surface area contributed by atoms with E-state index in [0.717, 1.165) is 66.4 Å². The number of nitrogens with zero attached hydrogens (tertiary/aromatic N) is 1. The second-order valence-corrected chi connectivity index (χ2v) is 7.65. The van der Waals surface area contributed by atoms with Crippen molar-refractivity contribution in [2.45, 2.75) is 37.6 Å². The fourth-order valence-electron chi connectivity index (χ4n) is 4.02. The van der Waals surface area contributed by atoms with Crippen LogP contribution in [0.2, 0.25) is 0 Å². The first-order valence-corrected chi connectivity index (χ1v) is 9.91. The first-order chi connectivity index (χ1) is 13.7. The van der Waals surface area contributed by atoms with Gasteiger partial charge >= 0.3 is 0 Å². The van der Waals surface area contributed by atoms with Crippen LogP contribution in [0.3, 0.4) is 0 Å². The number of aromatic amines is 1. The van der Waals surface area contributed by atoms with Crippen LogP contribution in [0.5, 0.6) is 11.5 Å². The Labute approximate surface area is 163 Å². The molecule has 1 saturated carbocycles. The van der Waals surface area contributed by atoms with Gasteiger partial charge in [0.1, 0.15) is 17.3 Å². The first-order valence-electron chi connectivity index (χ1n) is 9.91. The van der Waals surface area contributed by atoms with Crippen molar-refractivity contribution >= 4 is 0 Å². The SMILES string of the molecule is O=c1[nH]c(C2(c3cccc(Oc4ccccc4)c3)CC2)nc2c1CNCCC2. The van der Waals surface area contributed by atoms with Crippen LogP contribution in [0.4, 0.5) is 0 Å². The molecule has 1 aliphatic carbocycles. The van der Waals surface area contributed by atoms with Gasteiger partial charge in [0, 0.05) is 6.54 Å². The fourth-order valence-corrected chi connectivity index (χ4v) is 4.02. The summed E-state index contributed by atoms with van der Waals surface area (Å²) in [5, 5.41) is 3.30. The maximum atomic E-state index is 12.7. The molecule has 1 aliphatic heterocycles. The summed E-state index contributed by atoms with van der Waals surface area (Å²) in [5.41, 5.74) is 2.68. The van der Waals surface area contributed by atoms with Crippen molar-refractivity contribution in [3.05, 3.63) is 87.6 Å². The Morgan fingerprint density at radius 2 is 1.82 bits per heavy atom. The van der Waals surface area contributed by atoms with Gasteiger partial charge in [0.05, 0.1) is 16.7 Å². The molecule has 2 aromatic carbocycles. The Balaban J connectivity index is 1.50. The van der Waals surface area contributed by atoms with Gasteiger partial charge in [0.25, 0.3) is 5.56 Å². The van der Waals surface area contributed by atoms with Crippen molar-refractivity contribution in [1.82, 2.24) is 15.3 Å². The molecule has 0 atom stereocenters. The third-order valence-corrected chi connectivity index (χ3v) is 5.74. The molecule has 0 unspecified atom stereocenters. The Hall–Kier alpha value is -2.92. The number of hydrogen-bond donors (Lipinski definition) is 2. The average Bonchev–Trinajstić information content (AvgIpc) is 3.54. The van der Waals surface area contributed by atoms with Gasteiger partial charge in [0.2, 0.25) is 0 Å². The van der Waals surface area contributed by atoms with E-state index in [1.165, 1.54) is 0 Å². The molecule has 0 bridgehead atoms. The number of para-hydroxylation sites is 1. The lowest BCUT2D eigenvalue weighted by Crippen LogP contribution is -2.26. The molecule has 2 aliphatic rings. The summed E-state index contributed by atoms with van der Waals surface area (Å²) in [7, 11) is 0. The Bertz CT molecular complexity index is 1050. The summed E-state index contributed by atoms with van der Waals surface area (Å²) in [6.45, 7) is 1.53. The van der Waals surface area contributed by atoms with Crippen LogP contribution in [0.1, 0.15) is 41.9 Å². The van der Waals surface area contributed by atoms with E-state index >= 15 is 0 Å². The molecule has 5 rings (SSSR count). The summed E-state index contributed by atoms with van der Waals surface area (Å²) >= 11 is 0. The van der Waals surface area contributed by atoms with E-state index in [1.54, 1.807) is 0 Å². The number of H-pyrrole nitrogens is 1. The number of ether oxygens (including phenoxy) is 1. The van der Waals surface area contributed by atoms with Crippen LogP contribution in [0.15, 0.2) is 59.4 Å². The number of aromatic nitrogens is 2. The largest absolute Gasteiger partial charge is 0.457 e. The van der Waals surface area contributed by atoms with E-state index < -0.39 is 0 Å². The standard InChI is InChI=1S/C23H23N3O2/c27-21-19-15-24-13-5-10-20(19)25-22(26-21)23(11-12-23)16-6-4-9-18(14-16)28-17-7-2-1-3-8-17/h1-4,6-9,14,24H,5,10-13,15H2,(H,25,26,27). The molecule has 2 N–H and O–H groups in total. The van der Waals surface area contributed by atoms with Crippen LogP contribution < -0.4 is 15.6 Å². The molecule has 1 aromatic heterocycles. The lowest BCUT2D eigenvalue weighted by Gasteiger charge is -2.18. The number of nitrogens with one attached hydrogen (secondary N) is 2. The first kappa shape index (κ1) is 17.2. The van der Waals surface area contributed by atoms with Gasteiger partial charge in [-0.05, 0) is 62.1 Å². The van der Waals surface area contributed by atoms with Gasteiger partial charge in [-0.25, -0.2) is 4.98 Å². The normalized spacial score (nSPS) is 17.4. The van der Waals surface area contributed by atoms with E-state index in [0.29, 0.717) is 6.54 Å². The molecule has 0 saturated heterocycles. The smallest absolute Gasteiger partial charge is 0.255 e. The van der Waals surface area contributed by atoms with Crippen molar-refractivity contribution in [3.63, 3.8) is 0 Å². The lowest BCUT2D eigenvalue weighted by atomic mass is 9.94. The number of benzene rings is 2. The topological polar surface area (TPSA) is 67.0 Å². The van der Waals surface area contributed by atoms with Gasteiger partial charge in [0.15, 0.2) is 0 Å². The minimum Gasteiger partial charge on any atom is -0.457 e. The van der Waals surface area contributed by atoms with Gasteiger partial charge in [-0.15, -0.1) is 0 Å². The maximum absolute atomic E-state index is 12.7. The molecular weight excluding hydrogens is 350 g/mol. The van der Waals surface area contributed by atoms with Crippen molar-refractivity contribution in [2.24, 2.45) is 0 Å². The highest BCUT2D eigenvalue weighted by molar-refractivity contribution is 5.44. The van der Waals surface area contributed by atoms with Gasteiger partial charge < -0.3 is 15.0 Å². The third kappa shape index (κ3) is 3.12. The minimum absolute atomic E-state index is 0.00244. The number of fused-ring (bicyclic) bond motifs is 1. The Morgan fingerprint density at radius 1 is 1.00 bits per heavy atom. The molecule has 142 valence electrons. The third-order valence-electron chi connectivity index (χ3n) is 5.74. The Kier molecular flexibility index (Phi) is 4.24. The number of hydrogen-bond acceptors (Lipinski definition) is 4. The van der Waals surface area contributed by atoms with Crippen molar-refractivity contribution < 1.29 is 4.74 Å².